The molecule has 0 unspecified atom stereocenters. The minimum Gasteiger partial charge on any atom is -0.490 e. The van der Waals surface area contributed by atoms with Gasteiger partial charge in [-0.1, -0.05) is 41.9 Å². The smallest absolute Gasteiger partial charge is 0.259 e. The molecule has 0 radical (unpaired) electrons. The van der Waals surface area contributed by atoms with Gasteiger partial charge in [0.25, 0.3) is 5.91 Å². The second-order valence-corrected chi connectivity index (χ2v) is 5.48. The number of hydrogen-bond donors (Lipinski definition) is 1. The molecule has 1 amide bonds. The van der Waals surface area contributed by atoms with E-state index >= 15 is 0 Å². The van der Waals surface area contributed by atoms with E-state index in [1.54, 1.807) is 18.2 Å². The zero-order chi connectivity index (χ0) is 18.2. The molecule has 2 rings (SSSR count). The summed E-state index contributed by atoms with van der Waals surface area (Å²) in [5, 5.41) is 9.27. The topological polar surface area (TPSA) is 85.3 Å². The minimum absolute atomic E-state index is 0.170. The second-order valence-electron chi connectivity index (χ2n) is 5.07. The summed E-state index contributed by atoms with van der Waals surface area (Å²) in [5.41, 5.74) is 6.50. The molecule has 25 heavy (non-hydrogen) atoms. The summed E-state index contributed by atoms with van der Waals surface area (Å²) in [6, 6.07) is 14.6. The molecule has 128 valence electrons. The van der Waals surface area contributed by atoms with Crippen LogP contribution in [0.4, 0.5) is 0 Å². The number of nitrogens with two attached hydrogens (primary N) is 1. The highest BCUT2D eigenvalue weighted by atomic mass is 35.5. The Bertz CT molecular complexity index is 827. The third-order valence-electron chi connectivity index (χ3n) is 3.25. The van der Waals surface area contributed by atoms with Crippen LogP contribution in [0.15, 0.2) is 48.0 Å². The SMILES string of the molecule is CCOc1cc(/C=C(\C#N)C(N)=O)cc(Cl)c1OCc1ccccc1. The number of nitrogens with zero attached hydrogens (tertiary/aromatic N) is 1. The maximum absolute atomic E-state index is 11.2. The van der Waals surface area contributed by atoms with Crippen LogP contribution >= 0.6 is 11.6 Å². The Morgan fingerprint density at radius 2 is 2.00 bits per heavy atom. The number of hydrogen-bond acceptors (Lipinski definition) is 4. The van der Waals surface area contributed by atoms with Crippen LogP contribution in [0.3, 0.4) is 0 Å². The summed E-state index contributed by atoms with van der Waals surface area (Å²) in [7, 11) is 0. The van der Waals surface area contributed by atoms with Gasteiger partial charge in [-0.3, -0.25) is 4.79 Å². The van der Waals surface area contributed by atoms with Gasteiger partial charge < -0.3 is 15.2 Å². The average molecular weight is 357 g/mol. The first kappa shape index (κ1) is 18.4. The fraction of sp³-hybridized carbons (Fsp3) is 0.158. The Labute approximate surface area is 151 Å². The molecule has 0 spiro atoms. The van der Waals surface area contributed by atoms with Gasteiger partial charge in [0.15, 0.2) is 11.5 Å². The maximum atomic E-state index is 11.2. The van der Waals surface area contributed by atoms with Gasteiger partial charge in [-0.15, -0.1) is 0 Å². The van der Waals surface area contributed by atoms with Crippen LogP contribution in [0.2, 0.25) is 5.02 Å². The normalized spacial score (nSPS) is 10.8. The molecule has 0 bridgehead atoms. The highest BCUT2D eigenvalue weighted by molar-refractivity contribution is 6.32. The van der Waals surface area contributed by atoms with Crippen LogP contribution in [0, 0.1) is 11.3 Å². The number of rotatable bonds is 7. The molecule has 0 atom stereocenters. The average Bonchev–Trinajstić information content (AvgIpc) is 2.60. The number of primary amides is 1. The number of carbonyl (C=O) groups excluding carboxylic acids is 1. The molecule has 2 N–H and O–H groups in total. The lowest BCUT2D eigenvalue weighted by molar-refractivity contribution is -0.114. The molecule has 0 fully saturated rings. The van der Waals surface area contributed by atoms with Gasteiger partial charge in [-0.05, 0) is 36.3 Å². The number of carbonyl (C=O) groups is 1. The molecular formula is C19H17ClN2O3. The van der Waals surface area contributed by atoms with Gasteiger partial charge in [0.05, 0.1) is 11.6 Å². The van der Waals surface area contributed by atoms with Crippen molar-refractivity contribution in [3.8, 4) is 17.6 Å². The molecule has 0 aliphatic heterocycles. The first-order valence-corrected chi connectivity index (χ1v) is 7.97. The van der Waals surface area contributed by atoms with Crippen molar-refractivity contribution in [1.82, 2.24) is 0 Å². The van der Waals surface area contributed by atoms with Gasteiger partial charge in [0.2, 0.25) is 0 Å². The van der Waals surface area contributed by atoms with Crippen molar-refractivity contribution in [1.29, 1.82) is 5.26 Å². The Morgan fingerprint density at radius 3 is 2.60 bits per heavy atom. The quantitative estimate of drug-likeness (QED) is 0.605. The third kappa shape index (κ3) is 5.00. The summed E-state index contributed by atoms with van der Waals surface area (Å²) < 4.78 is 11.4. The van der Waals surface area contributed by atoms with Gasteiger partial charge in [0, 0.05) is 0 Å². The van der Waals surface area contributed by atoms with Crippen molar-refractivity contribution in [3.63, 3.8) is 0 Å². The van der Waals surface area contributed by atoms with E-state index in [1.165, 1.54) is 6.08 Å². The zero-order valence-electron chi connectivity index (χ0n) is 13.7. The van der Waals surface area contributed by atoms with E-state index in [0.29, 0.717) is 35.3 Å². The molecule has 6 heteroatoms. The molecular weight excluding hydrogens is 340 g/mol. The highest BCUT2D eigenvalue weighted by Crippen LogP contribution is 2.37. The predicted molar refractivity (Wildman–Crippen MR) is 96.2 cm³/mol. The van der Waals surface area contributed by atoms with Crippen LogP contribution < -0.4 is 15.2 Å². The minimum atomic E-state index is -0.805. The molecule has 0 aliphatic carbocycles. The van der Waals surface area contributed by atoms with E-state index in [1.807, 2.05) is 37.3 Å². The standard InChI is InChI=1S/C19H17ClN2O3/c1-2-24-17-10-14(8-15(11-21)19(22)23)9-16(20)18(17)25-12-13-6-4-3-5-7-13/h3-10H,2,12H2,1H3,(H2,22,23)/b15-8+. The molecule has 2 aromatic rings. The number of ether oxygens (including phenoxy) is 2. The Kier molecular flexibility index (Phi) is 6.44. The summed E-state index contributed by atoms with van der Waals surface area (Å²) in [6.45, 7) is 2.58. The van der Waals surface area contributed by atoms with E-state index in [9.17, 15) is 4.79 Å². The van der Waals surface area contributed by atoms with Crippen LogP contribution in [0.25, 0.3) is 6.08 Å². The van der Waals surface area contributed by atoms with Crippen molar-refractivity contribution in [2.75, 3.05) is 6.61 Å². The maximum Gasteiger partial charge on any atom is 0.259 e. The van der Waals surface area contributed by atoms with Crippen molar-refractivity contribution in [2.24, 2.45) is 5.73 Å². The van der Waals surface area contributed by atoms with E-state index in [0.717, 1.165) is 5.56 Å². The van der Waals surface area contributed by atoms with E-state index < -0.39 is 5.91 Å². The number of amides is 1. The molecule has 0 saturated carbocycles. The Balaban J connectivity index is 2.34. The first-order chi connectivity index (χ1) is 12.0. The third-order valence-corrected chi connectivity index (χ3v) is 3.54. The lowest BCUT2D eigenvalue weighted by Gasteiger charge is -2.14. The van der Waals surface area contributed by atoms with Crippen molar-refractivity contribution in [2.45, 2.75) is 13.5 Å². The van der Waals surface area contributed by atoms with E-state index in [4.69, 9.17) is 32.1 Å². The van der Waals surface area contributed by atoms with E-state index in [2.05, 4.69) is 0 Å². The van der Waals surface area contributed by atoms with Crippen molar-refractivity contribution < 1.29 is 14.3 Å². The van der Waals surface area contributed by atoms with Crippen LogP contribution in [-0.2, 0) is 11.4 Å². The first-order valence-electron chi connectivity index (χ1n) is 7.59. The van der Waals surface area contributed by atoms with Crippen LogP contribution in [0.5, 0.6) is 11.5 Å². The van der Waals surface area contributed by atoms with Gasteiger partial charge in [-0.2, -0.15) is 5.26 Å². The van der Waals surface area contributed by atoms with Gasteiger partial charge in [0.1, 0.15) is 18.2 Å². The van der Waals surface area contributed by atoms with Gasteiger partial charge in [-0.25, -0.2) is 0 Å². The summed E-state index contributed by atoms with van der Waals surface area (Å²) in [4.78, 5) is 11.2. The molecule has 0 heterocycles. The summed E-state index contributed by atoms with van der Waals surface area (Å²) in [6.07, 6.45) is 1.36. The molecule has 5 nitrogen and oxygen atoms in total. The molecule has 0 saturated heterocycles. The predicted octanol–water partition coefficient (Wildman–Crippen LogP) is 3.71. The fourth-order valence-corrected chi connectivity index (χ4v) is 2.40. The summed E-state index contributed by atoms with van der Waals surface area (Å²) >= 11 is 6.31. The molecule has 2 aromatic carbocycles. The van der Waals surface area contributed by atoms with Crippen LogP contribution in [0.1, 0.15) is 18.1 Å². The largest absolute Gasteiger partial charge is 0.490 e. The van der Waals surface area contributed by atoms with Crippen LogP contribution in [-0.4, -0.2) is 12.5 Å². The van der Waals surface area contributed by atoms with Gasteiger partial charge >= 0.3 is 0 Å². The highest BCUT2D eigenvalue weighted by Gasteiger charge is 2.13. The lowest BCUT2D eigenvalue weighted by atomic mass is 10.1. The molecule has 0 aromatic heterocycles. The lowest BCUT2D eigenvalue weighted by Crippen LogP contribution is -2.12. The Hall–Kier alpha value is -2.97. The molecule has 0 aliphatic rings. The summed E-state index contributed by atoms with van der Waals surface area (Å²) in [5.74, 6) is 0.0297. The number of benzene rings is 2. The fourth-order valence-electron chi connectivity index (χ4n) is 2.13. The number of halogens is 1. The van der Waals surface area contributed by atoms with E-state index in [-0.39, 0.29) is 5.57 Å². The second kappa shape index (κ2) is 8.76. The number of nitriles is 1. The Morgan fingerprint density at radius 1 is 1.28 bits per heavy atom. The van der Waals surface area contributed by atoms with Crippen molar-refractivity contribution in [3.05, 3.63) is 64.2 Å². The monoisotopic (exact) mass is 356 g/mol. The van der Waals surface area contributed by atoms with Crippen molar-refractivity contribution >= 4 is 23.6 Å². The zero-order valence-corrected chi connectivity index (χ0v) is 14.4.